The van der Waals surface area contributed by atoms with E-state index in [1.165, 1.54) is 0 Å². The van der Waals surface area contributed by atoms with Gasteiger partial charge in [-0.2, -0.15) is 0 Å². The molecule has 0 aliphatic carbocycles. The summed E-state index contributed by atoms with van der Waals surface area (Å²) in [6.45, 7) is 8.07. The summed E-state index contributed by atoms with van der Waals surface area (Å²) in [4.78, 5) is 10.2. The molecule has 1 atom stereocenters. The van der Waals surface area contributed by atoms with E-state index in [2.05, 4.69) is 5.32 Å². The third-order valence-electron chi connectivity index (χ3n) is 1.16. The summed E-state index contributed by atoms with van der Waals surface area (Å²) in [7, 11) is 0. The summed E-state index contributed by atoms with van der Waals surface area (Å²) in [5.74, 6) is 0. The van der Waals surface area contributed by atoms with Crippen molar-refractivity contribution in [3.8, 4) is 0 Å². The molecule has 0 heterocycles. The van der Waals surface area contributed by atoms with Crippen LogP contribution in [-0.4, -0.2) is 17.9 Å². The summed E-state index contributed by atoms with van der Waals surface area (Å²) >= 11 is 0. The highest BCUT2D eigenvalue weighted by atomic mass is 16.1. The number of rotatable bonds is 3. The molecule has 0 saturated carbocycles. The van der Waals surface area contributed by atoms with Crippen LogP contribution in [0.2, 0.25) is 0 Å². The lowest BCUT2D eigenvalue weighted by atomic mass is 10.1. The van der Waals surface area contributed by atoms with Gasteiger partial charge in [-0.3, -0.25) is 4.79 Å². The number of carbonyl (C=O) groups excluding carboxylic acids is 1. The van der Waals surface area contributed by atoms with Crippen molar-refractivity contribution >= 4 is 6.29 Å². The van der Waals surface area contributed by atoms with Crippen LogP contribution in [0.25, 0.3) is 0 Å². The molecule has 2 heteroatoms. The summed E-state index contributed by atoms with van der Waals surface area (Å²) < 4.78 is 0. The minimum Gasteiger partial charge on any atom is -0.302 e. The van der Waals surface area contributed by atoms with E-state index in [1.807, 2.05) is 34.0 Å². The molecule has 1 unspecified atom stereocenters. The van der Waals surface area contributed by atoms with E-state index in [0.29, 0.717) is 0 Å². The minimum absolute atomic E-state index is 0.0120. The second kappa shape index (κ2) is 3.71. The van der Waals surface area contributed by atoms with Crippen LogP contribution in [0.4, 0.5) is 0 Å². The zero-order valence-electron chi connectivity index (χ0n) is 7.19. The number of hydrogen-bond donors (Lipinski definition) is 1. The Balaban J connectivity index is 3.74. The quantitative estimate of drug-likeness (QED) is 0.642. The van der Waals surface area contributed by atoms with Gasteiger partial charge >= 0.3 is 0 Å². The molecule has 0 aliphatic heterocycles. The molecule has 0 spiro atoms. The van der Waals surface area contributed by atoms with Gasteiger partial charge < -0.3 is 5.32 Å². The average molecular weight is 142 g/mol. The van der Waals surface area contributed by atoms with Crippen molar-refractivity contribution in [2.45, 2.75) is 45.7 Å². The van der Waals surface area contributed by atoms with E-state index in [-0.39, 0.29) is 11.6 Å². The van der Waals surface area contributed by atoms with Gasteiger partial charge in [0.1, 0.15) is 0 Å². The molecule has 0 aromatic rings. The van der Waals surface area contributed by atoms with Gasteiger partial charge in [0, 0.05) is 5.54 Å². The molecule has 0 aromatic carbocycles. The van der Waals surface area contributed by atoms with Gasteiger partial charge in [-0.05, 0) is 27.2 Å². The number of nitrogens with one attached hydrogen (secondary N) is 1. The molecule has 1 N–H and O–H groups in total. The van der Waals surface area contributed by atoms with Crippen molar-refractivity contribution in [3.05, 3.63) is 0 Å². The molecule has 0 aliphatic rings. The van der Waals surface area contributed by atoms with E-state index in [9.17, 15) is 4.79 Å². The van der Waals surface area contributed by atoms with Crippen molar-refractivity contribution in [3.63, 3.8) is 0 Å². The Kier molecular flexibility index (Phi) is 3.58. The maximum Gasteiger partial charge on any atom is 0.216 e. The Hall–Kier alpha value is -0.370. The molecule has 0 bridgehead atoms. The molecule has 1 radical (unpaired) electrons. The minimum atomic E-state index is -0.111. The summed E-state index contributed by atoms with van der Waals surface area (Å²) in [6.07, 6.45) is 2.75. The predicted molar refractivity (Wildman–Crippen MR) is 42.7 cm³/mol. The van der Waals surface area contributed by atoms with Gasteiger partial charge in [-0.15, -0.1) is 0 Å². The fourth-order valence-corrected chi connectivity index (χ4v) is 0.738. The fraction of sp³-hybridized carbons (Fsp3) is 0.875. The van der Waals surface area contributed by atoms with Crippen LogP contribution in [-0.2, 0) is 4.79 Å². The predicted octanol–water partition coefficient (Wildman–Crippen LogP) is 1.26. The normalized spacial score (nSPS) is 14.8. The summed E-state index contributed by atoms with van der Waals surface area (Å²) in [5.41, 5.74) is 0.0120. The van der Waals surface area contributed by atoms with Crippen LogP contribution in [0.5, 0.6) is 0 Å². The van der Waals surface area contributed by atoms with E-state index < -0.39 is 0 Å². The first-order chi connectivity index (χ1) is 4.49. The molecule has 0 rings (SSSR count). The second-order valence-corrected chi connectivity index (χ2v) is 3.47. The lowest BCUT2D eigenvalue weighted by Crippen LogP contribution is -2.44. The van der Waals surface area contributed by atoms with Crippen LogP contribution < -0.4 is 5.32 Å². The van der Waals surface area contributed by atoms with Crippen molar-refractivity contribution in [1.82, 2.24) is 5.32 Å². The first kappa shape index (κ1) is 9.63. The Bertz CT molecular complexity index is 104. The van der Waals surface area contributed by atoms with Gasteiger partial charge in [0.25, 0.3) is 0 Å². The molecular formula is C8H16NO. The van der Waals surface area contributed by atoms with E-state index >= 15 is 0 Å². The van der Waals surface area contributed by atoms with E-state index in [4.69, 9.17) is 0 Å². The van der Waals surface area contributed by atoms with Crippen LogP contribution in [0.1, 0.15) is 34.1 Å². The van der Waals surface area contributed by atoms with E-state index in [0.717, 1.165) is 6.42 Å². The van der Waals surface area contributed by atoms with Gasteiger partial charge in [-0.1, -0.05) is 6.92 Å². The summed E-state index contributed by atoms with van der Waals surface area (Å²) in [6, 6.07) is -0.111. The molecule has 2 nitrogen and oxygen atoms in total. The molecule has 59 valence electrons. The Morgan fingerprint density at radius 2 is 2.00 bits per heavy atom. The number of hydrogen-bond acceptors (Lipinski definition) is 2. The highest BCUT2D eigenvalue weighted by Gasteiger charge is 2.14. The Labute approximate surface area is 63.0 Å². The average Bonchev–Trinajstić information content (AvgIpc) is 1.81. The highest BCUT2D eigenvalue weighted by molar-refractivity contribution is 5.58. The zero-order chi connectivity index (χ0) is 8.20. The van der Waals surface area contributed by atoms with Gasteiger partial charge in [0.05, 0.1) is 6.04 Å². The monoisotopic (exact) mass is 142 g/mol. The largest absolute Gasteiger partial charge is 0.302 e. The topological polar surface area (TPSA) is 29.1 Å². The fourth-order valence-electron chi connectivity index (χ4n) is 0.738. The van der Waals surface area contributed by atoms with Crippen LogP contribution in [0.15, 0.2) is 0 Å². The third-order valence-corrected chi connectivity index (χ3v) is 1.16. The Morgan fingerprint density at radius 1 is 1.50 bits per heavy atom. The van der Waals surface area contributed by atoms with Crippen LogP contribution in [0, 0.1) is 0 Å². The molecule has 0 saturated heterocycles. The first-order valence-corrected chi connectivity index (χ1v) is 3.65. The van der Waals surface area contributed by atoms with Gasteiger partial charge in [0.2, 0.25) is 6.29 Å². The molecule has 10 heavy (non-hydrogen) atoms. The first-order valence-electron chi connectivity index (χ1n) is 3.65. The van der Waals surface area contributed by atoms with Gasteiger partial charge in [-0.25, -0.2) is 0 Å². The maximum absolute atomic E-state index is 10.2. The van der Waals surface area contributed by atoms with Crippen molar-refractivity contribution < 1.29 is 4.79 Å². The third kappa shape index (κ3) is 4.50. The van der Waals surface area contributed by atoms with Crippen LogP contribution >= 0.6 is 0 Å². The standard InChI is InChI=1S/C8H16NO/c1-5-7(6-10)9-8(2,3)4/h7,9H,5H2,1-4H3. The molecular weight excluding hydrogens is 126 g/mol. The smallest absolute Gasteiger partial charge is 0.216 e. The van der Waals surface area contributed by atoms with Gasteiger partial charge in [0.15, 0.2) is 0 Å². The van der Waals surface area contributed by atoms with Crippen molar-refractivity contribution in [1.29, 1.82) is 0 Å². The Morgan fingerprint density at radius 3 is 2.10 bits per heavy atom. The SMILES string of the molecule is CCC([C]=O)NC(C)(C)C. The molecule has 0 aromatic heterocycles. The lowest BCUT2D eigenvalue weighted by molar-refractivity contribution is 0.386. The lowest BCUT2D eigenvalue weighted by Gasteiger charge is -2.23. The second-order valence-electron chi connectivity index (χ2n) is 3.47. The zero-order valence-corrected chi connectivity index (χ0v) is 7.19. The van der Waals surface area contributed by atoms with E-state index in [1.54, 1.807) is 0 Å². The van der Waals surface area contributed by atoms with Crippen LogP contribution in [0.3, 0.4) is 0 Å². The summed E-state index contributed by atoms with van der Waals surface area (Å²) in [5, 5.41) is 3.13. The van der Waals surface area contributed by atoms with Crippen molar-refractivity contribution in [2.75, 3.05) is 0 Å². The maximum atomic E-state index is 10.2. The molecule has 0 amide bonds. The molecule has 0 fully saturated rings. The highest BCUT2D eigenvalue weighted by Crippen LogP contribution is 2.01. The van der Waals surface area contributed by atoms with Crippen molar-refractivity contribution in [2.24, 2.45) is 0 Å².